The highest BCUT2D eigenvalue weighted by Crippen LogP contribution is 2.29. The van der Waals surface area contributed by atoms with E-state index in [2.05, 4.69) is 4.98 Å². The van der Waals surface area contributed by atoms with Crippen LogP contribution in [0.15, 0.2) is 33.7 Å². The number of aromatic nitrogens is 1. The van der Waals surface area contributed by atoms with E-state index in [-0.39, 0.29) is 5.63 Å². The summed E-state index contributed by atoms with van der Waals surface area (Å²) in [6.07, 6.45) is 1.48. The van der Waals surface area contributed by atoms with E-state index in [1.54, 1.807) is 7.11 Å². The van der Waals surface area contributed by atoms with Crippen LogP contribution in [0.4, 0.5) is 0 Å². The van der Waals surface area contributed by atoms with Crippen molar-refractivity contribution in [3.63, 3.8) is 0 Å². The summed E-state index contributed by atoms with van der Waals surface area (Å²) in [4.78, 5) is 14.7. The molecule has 3 rings (SSSR count). The molecule has 1 aromatic carbocycles. The highest BCUT2D eigenvalue weighted by atomic mass is 16.5. The fourth-order valence-corrected chi connectivity index (χ4v) is 2.12. The van der Waals surface area contributed by atoms with Gasteiger partial charge in [-0.3, -0.25) is 0 Å². The highest BCUT2D eigenvalue weighted by Gasteiger charge is 2.11. The minimum Gasteiger partial charge on any atom is -0.497 e. The summed E-state index contributed by atoms with van der Waals surface area (Å²) in [7, 11) is 1.62. The van der Waals surface area contributed by atoms with Gasteiger partial charge in [-0.1, -0.05) is 0 Å². The number of rotatable bonds is 1. The van der Waals surface area contributed by atoms with Gasteiger partial charge in [0.25, 0.3) is 0 Å². The molecule has 0 aliphatic carbocycles. The molecule has 1 N–H and O–H groups in total. The van der Waals surface area contributed by atoms with Crippen molar-refractivity contribution in [3.8, 4) is 5.75 Å². The molecule has 86 valence electrons. The summed E-state index contributed by atoms with van der Waals surface area (Å²) in [5, 5.41) is 1.87. The Hall–Kier alpha value is -2.23. The lowest BCUT2D eigenvalue weighted by atomic mass is 10.1. The molecule has 0 amide bonds. The van der Waals surface area contributed by atoms with E-state index in [0.717, 1.165) is 27.6 Å². The van der Waals surface area contributed by atoms with Crippen molar-refractivity contribution in [1.82, 2.24) is 4.98 Å². The molecule has 17 heavy (non-hydrogen) atoms. The normalized spacial score (nSPS) is 11.2. The second-order valence-electron chi connectivity index (χ2n) is 3.99. The molecule has 0 unspecified atom stereocenters. The Morgan fingerprint density at radius 1 is 1.35 bits per heavy atom. The smallest absolute Gasteiger partial charge is 0.360 e. The third kappa shape index (κ3) is 1.34. The standard InChI is InChI=1S/C13H11NO3/c1-7-6-17-13(15)12-11(7)9-5-8(16-2)3-4-10(9)14-12/h3-6,14H,1-2H3. The molecule has 0 saturated heterocycles. The molecule has 0 fully saturated rings. The van der Waals surface area contributed by atoms with E-state index in [1.165, 1.54) is 6.26 Å². The molecule has 4 heteroatoms. The summed E-state index contributed by atoms with van der Waals surface area (Å²) in [5.41, 5.74) is 2.00. The zero-order chi connectivity index (χ0) is 12.0. The molecule has 3 aromatic rings. The van der Waals surface area contributed by atoms with Crippen LogP contribution >= 0.6 is 0 Å². The van der Waals surface area contributed by atoms with Crippen LogP contribution in [0.2, 0.25) is 0 Å². The van der Waals surface area contributed by atoms with Gasteiger partial charge in [-0.15, -0.1) is 0 Å². The number of aromatic amines is 1. The molecular weight excluding hydrogens is 218 g/mol. The van der Waals surface area contributed by atoms with Crippen LogP contribution in [-0.2, 0) is 0 Å². The average Bonchev–Trinajstić information content (AvgIpc) is 2.73. The lowest BCUT2D eigenvalue weighted by molar-refractivity contribution is 0.415. The second-order valence-corrected chi connectivity index (χ2v) is 3.99. The van der Waals surface area contributed by atoms with Crippen LogP contribution < -0.4 is 10.4 Å². The Morgan fingerprint density at radius 2 is 2.18 bits per heavy atom. The van der Waals surface area contributed by atoms with Crippen LogP contribution in [0.1, 0.15) is 5.56 Å². The van der Waals surface area contributed by atoms with Crippen LogP contribution in [0.3, 0.4) is 0 Å². The van der Waals surface area contributed by atoms with Crippen LogP contribution in [0.25, 0.3) is 21.8 Å². The first-order valence-electron chi connectivity index (χ1n) is 5.28. The minimum absolute atomic E-state index is 0.347. The maximum atomic E-state index is 11.6. The second kappa shape index (κ2) is 3.38. The van der Waals surface area contributed by atoms with E-state index in [1.807, 2.05) is 25.1 Å². The van der Waals surface area contributed by atoms with Crippen molar-refractivity contribution in [3.05, 3.63) is 40.4 Å². The van der Waals surface area contributed by atoms with Crippen molar-refractivity contribution in [2.24, 2.45) is 0 Å². The predicted octanol–water partition coefficient (Wildman–Crippen LogP) is 2.59. The van der Waals surface area contributed by atoms with E-state index >= 15 is 0 Å². The molecule has 2 heterocycles. The van der Waals surface area contributed by atoms with E-state index < -0.39 is 0 Å². The number of fused-ring (bicyclic) bond motifs is 3. The summed E-state index contributed by atoms with van der Waals surface area (Å²) >= 11 is 0. The Balaban J connectivity index is 2.57. The van der Waals surface area contributed by atoms with Crippen molar-refractivity contribution in [2.75, 3.05) is 7.11 Å². The summed E-state index contributed by atoms with van der Waals surface area (Å²) in [5.74, 6) is 0.769. The van der Waals surface area contributed by atoms with Crippen LogP contribution in [0, 0.1) is 6.92 Å². The van der Waals surface area contributed by atoms with Gasteiger partial charge in [-0.05, 0) is 30.7 Å². The number of benzene rings is 1. The van der Waals surface area contributed by atoms with E-state index in [9.17, 15) is 4.79 Å². The molecule has 0 radical (unpaired) electrons. The molecule has 0 atom stereocenters. The van der Waals surface area contributed by atoms with Gasteiger partial charge in [0.15, 0.2) is 0 Å². The number of methoxy groups -OCH3 is 1. The Labute approximate surface area is 96.8 Å². The van der Waals surface area contributed by atoms with Gasteiger partial charge in [0.05, 0.1) is 13.4 Å². The Bertz CT molecular complexity index is 767. The molecule has 0 aliphatic rings. The minimum atomic E-state index is -0.347. The molecule has 4 nitrogen and oxygen atoms in total. The summed E-state index contributed by atoms with van der Waals surface area (Å²) in [6.45, 7) is 1.91. The fraction of sp³-hybridized carbons (Fsp3) is 0.154. The maximum Gasteiger partial charge on any atom is 0.360 e. The number of hydrogen-bond donors (Lipinski definition) is 1. The first-order valence-corrected chi connectivity index (χ1v) is 5.28. The first kappa shape index (κ1) is 9.96. The third-order valence-electron chi connectivity index (χ3n) is 2.95. The summed E-state index contributed by atoms with van der Waals surface area (Å²) < 4.78 is 10.1. The number of aryl methyl sites for hydroxylation is 1. The SMILES string of the molecule is COc1ccc2[nH]c3c(=O)occ(C)c3c2c1. The first-order chi connectivity index (χ1) is 8.20. The Morgan fingerprint density at radius 3 is 2.94 bits per heavy atom. The van der Waals surface area contributed by atoms with E-state index in [0.29, 0.717) is 5.52 Å². The van der Waals surface area contributed by atoms with Crippen LogP contribution in [0.5, 0.6) is 5.75 Å². The van der Waals surface area contributed by atoms with Gasteiger partial charge >= 0.3 is 5.63 Å². The fourth-order valence-electron chi connectivity index (χ4n) is 2.12. The van der Waals surface area contributed by atoms with Crippen molar-refractivity contribution in [2.45, 2.75) is 6.92 Å². The van der Waals surface area contributed by atoms with Gasteiger partial charge in [-0.25, -0.2) is 4.79 Å². The number of ether oxygens (including phenoxy) is 1. The van der Waals surface area contributed by atoms with Crippen molar-refractivity contribution in [1.29, 1.82) is 0 Å². The number of hydrogen-bond acceptors (Lipinski definition) is 3. The summed E-state index contributed by atoms with van der Waals surface area (Å²) in [6, 6.07) is 5.67. The molecule has 2 aromatic heterocycles. The van der Waals surface area contributed by atoms with Gasteiger partial charge in [-0.2, -0.15) is 0 Å². The topological polar surface area (TPSA) is 55.2 Å². The maximum absolute atomic E-state index is 11.6. The lowest BCUT2D eigenvalue weighted by Crippen LogP contribution is -1.98. The van der Waals surface area contributed by atoms with Gasteiger partial charge < -0.3 is 14.1 Å². The van der Waals surface area contributed by atoms with Gasteiger partial charge in [0, 0.05) is 16.3 Å². The van der Waals surface area contributed by atoms with E-state index in [4.69, 9.17) is 9.15 Å². The molecule has 0 bridgehead atoms. The van der Waals surface area contributed by atoms with Crippen LogP contribution in [-0.4, -0.2) is 12.1 Å². The third-order valence-corrected chi connectivity index (χ3v) is 2.95. The number of H-pyrrole nitrogens is 1. The molecule has 0 saturated carbocycles. The zero-order valence-corrected chi connectivity index (χ0v) is 9.53. The molecule has 0 spiro atoms. The highest BCUT2D eigenvalue weighted by molar-refractivity contribution is 6.08. The predicted molar refractivity (Wildman–Crippen MR) is 65.6 cm³/mol. The lowest BCUT2D eigenvalue weighted by Gasteiger charge is -1.99. The van der Waals surface area contributed by atoms with Crippen molar-refractivity contribution >= 4 is 21.8 Å². The zero-order valence-electron chi connectivity index (χ0n) is 9.53. The number of nitrogens with one attached hydrogen (secondary N) is 1. The van der Waals surface area contributed by atoms with Gasteiger partial charge in [0.1, 0.15) is 11.3 Å². The largest absolute Gasteiger partial charge is 0.497 e. The monoisotopic (exact) mass is 229 g/mol. The van der Waals surface area contributed by atoms with Gasteiger partial charge in [0.2, 0.25) is 0 Å². The molecule has 0 aliphatic heterocycles. The average molecular weight is 229 g/mol. The molecular formula is C13H11NO3. The quantitative estimate of drug-likeness (QED) is 0.697. The van der Waals surface area contributed by atoms with Crippen molar-refractivity contribution < 1.29 is 9.15 Å². The Kier molecular flexibility index (Phi) is 1.98.